The van der Waals surface area contributed by atoms with E-state index in [2.05, 4.69) is 0 Å². The molecule has 0 bridgehead atoms. The molecule has 0 saturated carbocycles. The van der Waals surface area contributed by atoms with Gasteiger partial charge in [0.05, 0.1) is 0 Å². The van der Waals surface area contributed by atoms with Crippen molar-refractivity contribution in [1.82, 2.24) is 0 Å². The number of hydrogen-bond donors (Lipinski definition) is 2. The summed E-state index contributed by atoms with van der Waals surface area (Å²) >= 11 is 0. The van der Waals surface area contributed by atoms with E-state index in [1.165, 1.54) is 0 Å². The van der Waals surface area contributed by atoms with Crippen LogP contribution in [0.2, 0.25) is 0 Å². The Balaban J connectivity index is -0.0000000267. The first-order valence-electron chi connectivity index (χ1n) is 0.698. The summed E-state index contributed by atoms with van der Waals surface area (Å²) in [6.07, 6.45) is 0. The van der Waals surface area contributed by atoms with Gasteiger partial charge in [-0.25, -0.2) is 0 Å². The molecule has 2 N–H and O–H groups in total. The van der Waals surface area contributed by atoms with Crippen molar-refractivity contribution >= 4 is 114 Å². The van der Waals surface area contributed by atoms with Gasteiger partial charge < -0.3 is 0 Å². The Morgan fingerprint density at radius 1 is 1.12 bits per heavy atom. The summed E-state index contributed by atoms with van der Waals surface area (Å²) in [5, 5.41) is 0. The molecule has 0 amide bonds. The van der Waals surface area contributed by atoms with E-state index in [1.807, 2.05) is 0 Å². The second kappa shape index (κ2) is 10.3. The van der Waals surface area contributed by atoms with E-state index in [0.717, 1.165) is 0 Å². The average molecular weight is 189 g/mol. The molecule has 0 heterocycles. The molecule has 0 aromatic heterocycles. The Morgan fingerprint density at radius 3 is 1.12 bits per heavy atom. The van der Waals surface area contributed by atoms with Gasteiger partial charge in [0, 0.05) is 0 Å². The van der Waals surface area contributed by atoms with Crippen molar-refractivity contribution in [3.8, 4) is 0 Å². The molecule has 0 fully saturated rings. The normalized spacial score (nSPS) is 7.25. The van der Waals surface area contributed by atoms with Gasteiger partial charge in [-0.3, -0.25) is 9.11 Å². The molecule has 0 aromatic carbocycles. The molecule has 8 heteroatoms. The Morgan fingerprint density at radius 2 is 1.12 bits per heavy atom. The molecule has 0 aliphatic rings. The van der Waals surface area contributed by atoms with E-state index < -0.39 is 10.4 Å². The summed E-state index contributed by atoms with van der Waals surface area (Å²) < 4.78 is 31.6. The first-order valence-corrected chi connectivity index (χ1v) is 2.10. The predicted molar refractivity (Wildman–Crippen MR) is 37.0 cm³/mol. The Kier molecular flexibility index (Phi) is 28.9. The van der Waals surface area contributed by atoms with Gasteiger partial charge >= 0.3 is 114 Å². The zero-order valence-corrected chi connectivity index (χ0v) is 2.94. The van der Waals surface area contributed by atoms with Crippen LogP contribution < -0.4 is 0 Å². The SMILES string of the molecule is O=S(=O)(O)O.[KH].[MgH2].[NaH]. The van der Waals surface area contributed by atoms with E-state index in [1.54, 1.807) is 0 Å². The maximum atomic E-state index is 8.74. The third-order valence-electron chi connectivity index (χ3n) is 0. The first kappa shape index (κ1) is 22.5. The summed E-state index contributed by atoms with van der Waals surface area (Å²) in [6, 6.07) is 0. The monoisotopic (exact) mass is 188 g/mol. The molecule has 0 rings (SSSR count). The van der Waals surface area contributed by atoms with Crippen LogP contribution in [-0.4, -0.2) is 122 Å². The van der Waals surface area contributed by atoms with Gasteiger partial charge in [0.15, 0.2) is 0 Å². The molecule has 8 heavy (non-hydrogen) atoms. The fourth-order valence-corrected chi connectivity index (χ4v) is 0. The minimum atomic E-state index is -4.67. The molecule has 4 nitrogen and oxygen atoms in total. The summed E-state index contributed by atoms with van der Waals surface area (Å²) in [5.74, 6) is 0. The molecule has 40 valence electrons. The van der Waals surface area contributed by atoms with Crippen LogP contribution in [0, 0.1) is 0 Å². The van der Waals surface area contributed by atoms with Crippen LogP contribution in [0.1, 0.15) is 0 Å². The molecule has 0 radical (unpaired) electrons. The quantitative estimate of drug-likeness (QED) is 0.317. The molecule has 0 spiro atoms. The van der Waals surface area contributed by atoms with Crippen LogP contribution in [-0.2, 0) is 10.4 Å². The molecule has 0 saturated heterocycles. The van der Waals surface area contributed by atoms with Crippen LogP contribution in [0.25, 0.3) is 0 Å². The van der Waals surface area contributed by atoms with Crippen molar-refractivity contribution in [3.05, 3.63) is 0 Å². The zero-order valence-electron chi connectivity index (χ0n) is 2.12. The average Bonchev–Trinajstić information content (AvgIpc) is 0.722. The molecular formula is H6KMgNaO4S. The standard InChI is InChI=1S/K.Mg.Na.H2O4S.4H/c;;;1-5(2,3)4;;;;/h;;;(H2,1,2,3,4);;;;. The summed E-state index contributed by atoms with van der Waals surface area (Å²) in [6.45, 7) is 0. The fraction of sp³-hybridized carbons (Fsp3) is 0. The third-order valence-corrected chi connectivity index (χ3v) is 0. The van der Waals surface area contributed by atoms with Crippen LogP contribution in [0.4, 0.5) is 0 Å². The third kappa shape index (κ3) is 59.3. The second-order valence-corrected chi connectivity index (χ2v) is 1.34. The van der Waals surface area contributed by atoms with Gasteiger partial charge in [-0.15, -0.1) is 0 Å². The molecule has 0 aliphatic carbocycles. The van der Waals surface area contributed by atoms with Crippen molar-refractivity contribution in [2.45, 2.75) is 0 Å². The Labute approximate surface area is 129 Å². The van der Waals surface area contributed by atoms with Crippen molar-refractivity contribution < 1.29 is 17.5 Å². The predicted octanol–water partition coefficient (Wildman–Crippen LogP) is -2.87. The van der Waals surface area contributed by atoms with Crippen molar-refractivity contribution in [2.24, 2.45) is 0 Å². The van der Waals surface area contributed by atoms with E-state index in [-0.39, 0.29) is 104 Å². The molecule has 0 aliphatic heterocycles. The van der Waals surface area contributed by atoms with Gasteiger partial charge in [0.2, 0.25) is 0 Å². The van der Waals surface area contributed by atoms with Crippen molar-refractivity contribution in [1.29, 1.82) is 0 Å². The van der Waals surface area contributed by atoms with Gasteiger partial charge in [0.1, 0.15) is 0 Å². The molecular weight excluding hydrogens is 182 g/mol. The second-order valence-electron chi connectivity index (χ2n) is 0.448. The van der Waals surface area contributed by atoms with Crippen molar-refractivity contribution in [3.63, 3.8) is 0 Å². The maximum absolute atomic E-state index is 8.74. The van der Waals surface area contributed by atoms with Gasteiger partial charge in [0.25, 0.3) is 0 Å². The summed E-state index contributed by atoms with van der Waals surface area (Å²) in [4.78, 5) is 0. The van der Waals surface area contributed by atoms with Crippen molar-refractivity contribution in [2.75, 3.05) is 0 Å². The van der Waals surface area contributed by atoms with E-state index in [0.29, 0.717) is 0 Å². The topological polar surface area (TPSA) is 74.6 Å². The molecule has 0 unspecified atom stereocenters. The number of hydrogen-bond acceptors (Lipinski definition) is 2. The minimum absolute atomic E-state index is 0. The van der Waals surface area contributed by atoms with Crippen LogP contribution in [0.3, 0.4) is 0 Å². The van der Waals surface area contributed by atoms with Gasteiger partial charge in [-0.2, -0.15) is 8.42 Å². The van der Waals surface area contributed by atoms with E-state index in [4.69, 9.17) is 17.5 Å². The fourth-order valence-electron chi connectivity index (χ4n) is 0. The van der Waals surface area contributed by atoms with Crippen LogP contribution in [0.5, 0.6) is 0 Å². The first-order chi connectivity index (χ1) is 2.00. The Hall–Kier alpha value is 3.27. The van der Waals surface area contributed by atoms with E-state index >= 15 is 0 Å². The van der Waals surface area contributed by atoms with E-state index in [9.17, 15) is 0 Å². The van der Waals surface area contributed by atoms with Crippen LogP contribution in [0.15, 0.2) is 0 Å². The Bertz CT molecular complexity index is 99.2. The van der Waals surface area contributed by atoms with Gasteiger partial charge in [-0.05, 0) is 0 Å². The summed E-state index contributed by atoms with van der Waals surface area (Å²) in [7, 11) is -4.67. The van der Waals surface area contributed by atoms with Crippen LogP contribution >= 0.6 is 0 Å². The molecule has 0 aromatic rings. The van der Waals surface area contributed by atoms with Gasteiger partial charge in [-0.1, -0.05) is 0 Å². The summed E-state index contributed by atoms with van der Waals surface area (Å²) in [5.41, 5.74) is 0. The number of rotatable bonds is 0. The zero-order chi connectivity index (χ0) is 4.50. The molecule has 0 atom stereocenters.